The fourth-order valence-electron chi connectivity index (χ4n) is 4.28. The Morgan fingerprint density at radius 1 is 1.09 bits per heavy atom. The molecule has 1 aliphatic rings. The second-order valence-electron chi connectivity index (χ2n) is 9.32. The van der Waals surface area contributed by atoms with Crippen LogP contribution < -0.4 is 5.32 Å². The molecule has 1 N–H and O–H groups in total. The number of fused-ring (bicyclic) bond motifs is 1. The van der Waals surface area contributed by atoms with E-state index in [4.69, 9.17) is 16.6 Å². The molecule has 6 heteroatoms. The van der Waals surface area contributed by atoms with Crippen LogP contribution in [0.2, 0.25) is 5.02 Å². The van der Waals surface area contributed by atoms with Crippen molar-refractivity contribution in [3.8, 4) is 0 Å². The third kappa shape index (κ3) is 5.33. The second kappa shape index (κ2) is 10.1. The summed E-state index contributed by atoms with van der Waals surface area (Å²) in [5.41, 5.74) is 3.28. The summed E-state index contributed by atoms with van der Waals surface area (Å²) in [5.74, 6) is 1.80. The SMILES string of the molecule is CC(C)C(C)NC(=O)C1CCN(Cc2nc3cc(Cl)ccc3n2Cc2ccccc2)CC1. The number of hydrogen-bond acceptors (Lipinski definition) is 3. The van der Waals surface area contributed by atoms with Gasteiger partial charge in [-0.25, -0.2) is 4.98 Å². The standard InChI is InChI=1S/C26H33ClN4O/c1-18(2)19(3)28-26(32)21-11-13-30(14-12-21)17-25-29-23-15-22(27)9-10-24(23)31(25)16-20-7-5-4-6-8-20/h4-10,15,18-19,21H,11-14,16-17H2,1-3H3,(H,28,32). The number of amides is 1. The number of aromatic nitrogens is 2. The van der Waals surface area contributed by atoms with Crippen LogP contribution in [0, 0.1) is 11.8 Å². The smallest absolute Gasteiger partial charge is 0.223 e. The van der Waals surface area contributed by atoms with E-state index in [-0.39, 0.29) is 17.9 Å². The molecule has 4 rings (SSSR count). The van der Waals surface area contributed by atoms with Gasteiger partial charge in [-0.2, -0.15) is 0 Å². The summed E-state index contributed by atoms with van der Waals surface area (Å²) >= 11 is 6.24. The van der Waals surface area contributed by atoms with Crippen molar-refractivity contribution >= 4 is 28.5 Å². The Balaban J connectivity index is 1.46. The summed E-state index contributed by atoms with van der Waals surface area (Å²) in [7, 11) is 0. The molecule has 0 spiro atoms. The number of nitrogens with zero attached hydrogens (tertiary/aromatic N) is 3. The maximum Gasteiger partial charge on any atom is 0.223 e. The van der Waals surface area contributed by atoms with Crippen molar-refractivity contribution in [1.82, 2.24) is 19.8 Å². The predicted octanol–water partition coefficient (Wildman–Crippen LogP) is 5.11. The first-order chi connectivity index (χ1) is 15.4. The number of piperidine rings is 1. The van der Waals surface area contributed by atoms with E-state index >= 15 is 0 Å². The minimum absolute atomic E-state index is 0.106. The van der Waals surface area contributed by atoms with Gasteiger partial charge in [-0.3, -0.25) is 9.69 Å². The van der Waals surface area contributed by atoms with E-state index in [0.717, 1.165) is 55.9 Å². The fourth-order valence-corrected chi connectivity index (χ4v) is 4.44. The highest BCUT2D eigenvalue weighted by Gasteiger charge is 2.27. The monoisotopic (exact) mass is 452 g/mol. The van der Waals surface area contributed by atoms with Crippen LogP contribution in [0.1, 0.15) is 45.0 Å². The highest BCUT2D eigenvalue weighted by atomic mass is 35.5. The summed E-state index contributed by atoms with van der Waals surface area (Å²) in [6, 6.07) is 16.6. The predicted molar refractivity (Wildman–Crippen MR) is 131 cm³/mol. The Morgan fingerprint density at radius 2 is 1.81 bits per heavy atom. The van der Waals surface area contributed by atoms with Crippen LogP contribution in [0.3, 0.4) is 0 Å². The number of halogens is 1. The molecule has 0 aliphatic carbocycles. The number of nitrogens with one attached hydrogen (secondary N) is 1. The first-order valence-corrected chi connectivity index (χ1v) is 12.0. The molecule has 0 radical (unpaired) electrons. The van der Waals surface area contributed by atoms with Crippen LogP contribution >= 0.6 is 11.6 Å². The van der Waals surface area contributed by atoms with Crippen molar-refractivity contribution in [3.05, 3.63) is 64.9 Å². The zero-order valence-corrected chi connectivity index (χ0v) is 20.0. The zero-order chi connectivity index (χ0) is 22.7. The Bertz CT molecular complexity index is 1050. The summed E-state index contributed by atoms with van der Waals surface area (Å²) < 4.78 is 2.30. The molecular formula is C26H33ClN4O. The third-order valence-electron chi connectivity index (χ3n) is 6.67. The fraction of sp³-hybridized carbons (Fsp3) is 0.462. The molecule has 0 bridgehead atoms. The molecule has 1 aliphatic heterocycles. The largest absolute Gasteiger partial charge is 0.353 e. The lowest BCUT2D eigenvalue weighted by Crippen LogP contribution is -2.44. The normalized spacial score (nSPS) is 16.5. The average molecular weight is 453 g/mol. The van der Waals surface area contributed by atoms with Gasteiger partial charge in [0.15, 0.2) is 0 Å². The first kappa shape index (κ1) is 22.8. The Morgan fingerprint density at radius 3 is 2.50 bits per heavy atom. The summed E-state index contributed by atoms with van der Waals surface area (Å²) in [4.78, 5) is 20.0. The van der Waals surface area contributed by atoms with Gasteiger partial charge in [-0.1, -0.05) is 55.8 Å². The zero-order valence-electron chi connectivity index (χ0n) is 19.2. The Hall–Kier alpha value is -2.37. The number of imidazole rings is 1. The van der Waals surface area contributed by atoms with Crippen LogP contribution in [-0.2, 0) is 17.9 Å². The summed E-state index contributed by atoms with van der Waals surface area (Å²) in [6.07, 6.45) is 1.78. The molecule has 1 atom stereocenters. The number of carbonyl (C=O) groups is 1. The van der Waals surface area contributed by atoms with Gasteiger partial charge in [0.25, 0.3) is 0 Å². The highest BCUT2D eigenvalue weighted by molar-refractivity contribution is 6.31. The average Bonchev–Trinajstić information content (AvgIpc) is 3.10. The van der Waals surface area contributed by atoms with Crippen molar-refractivity contribution in [2.75, 3.05) is 13.1 Å². The van der Waals surface area contributed by atoms with E-state index < -0.39 is 0 Å². The van der Waals surface area contributed by atoms with Gasteiger partial charge in [0.1, 0.15) is 5.82 Å². The highest BCUT2D eigenvalue weighted by Crippen LogP contribution is 2.25. The van der Waals surface area contributed by atoms with Crippen molar-refractivity contribution in [1.29, 1.82) is 0 Å². The van der Waals surface area contributed by atoms with E-state index in [1.807, 2.05) is 18.2 Å². The number of carbonyl (C=O) groups excluding carboxylic acids is 1. The number of likely N-dealkylation sites (tertiary alicyclic amines) is 1. The van der Waals surface area contributed by atoms with Crippen molar-refractivity contribution in [2.24, 2.45) is 11.8 Å². The van der Waals surface area contributed by atoms with E-state index in [1.54, 1.807) is 0 Å². The molecule has 1 aromatic heterocycles. The van der Waals surface area contributed by atoms with Gasteiger partial charge >= 0.3 is 0 Å². The van der Waals surface area contributed by atoms with Gasteiger partial charge in [0.05, 0.1) is 17.6 Å². The molecule has 1 saturated heterocycles. The molecule has 2 heterocycles. The first-order valence-electron chi connectivity index (χ1n) is 11.6. The summed E-state index contributed by atoms with van der Waals surface area (Å²) in [5, 5.41) is 3.89. The van der Waals surface area contributed by atoms with Crippen LogP contribution in [0.4, 0.5) is 0 Å². The Kier molecular flexibility index (Phi) is 7.17. The van der Waals surface area contributed by atoms with Gasteiger partial charge < -0.3 is 9.88 Å². The Labute approximate surface area is 195 Å². The minimum atomic E-state index is 0.106. The molecule has 0 saturated carbocycles. The lowest BCUT2D eigenvalue weighted by atomic mass is 9.95. The maximum atomic E-state index is 12.6. The molecule has 32 heavy (non-hydrogen) atoms. The third-order valence-corrected chi connectivity index (χ3v) is 6.90. The topological polar surface area (TPSA) is 50.2 Å². The van der Waals surface area contributed by atoms with Gasteiger partial charge in [0.2, 0.25) is 5.91 Å². The van der Waals surface area contributed by atoms with Crippen LogP contribution in [0.25, 0.3) is 11.0 Å². The molecule has 3 aromatic rings. The molecule has 1 unspecified atom stereocenters. The number of benzene rings is 2. The second-order valence-corrected chi connectivity index (χ2v) is 9.76. The van der Waals surface area contributed by atoms with Crippen molar-refractivity contribution in [2.45, 2.75) is 52.7 Å². The number of rotatable bonds is 7. The van der Waals surface area contributed by atoms with Crippen LogP contribution in [0.15, 0.2) is 48.5 Å². The molecule has 170 valence electrons. The van der Waals surface area contributed by atoms with E-state index in [2.05, 4.69) is 65.9 Å². The van der Waals surface area contributed by atoms with Gasteiger partial charge in [0, 0.05) is 23.5 Å². The van der Waals surface area contributed by atoms with Crippen molar-refractivity contribution < 1.29 is 4.79 Å². The van der Waals surface area contributed by atoms with E-state index in [1.165, 1.54) is 5.56 Å². The van der Waals surface area contributed by atoms with E-state index in [0.29, 0.717) is 10.9 Å². The van der Waals surface area contributed by atoms with Gasteiger partial charge in [-0.15, -0.1) is 0 Å². The lowest BCUT2D eigenvalue weighted by Gasteiger charge is -2.32. The van der Waals surface area contributed by atoms with Gasteiger partial charge in [-0.05, 0) is 62.5 Å². The molecular weight excluding hydrogens is 420 g/mol. The lowest BCUT2D eigenvalue weighted by molar-refractivity contribution is -0.127. The minimum Gasteiger partial charge on any atom is -0.353 e. The van der Waals surface area contributed by atoms with Crippen molar-refractivity contribution in [3.63, 3.8) is 0 Å². The number of hydrogen-bond donors (Lipinski definition) is 1. The van der Waals surface area contributed by atoms with Crippen LogP contribution in [-0.4, -0.2) is 39.5 Å². The summed E-state index contributed by atoms with van der Waals surface area (Å²) in [6.45, 7) is 9.73. The molecule has 1 fully saturated rings. The quantitative estimate of drug-likeness (QED) is 0.541. The van der Waals surface area contributed by atoms with Crippen LogP contribution in [0.5, 0.6) is 0 Å². The van der Waals surface area contributed by atoms with E-state index in [9.17, 15) is 4.79 Å². The molecule has 1 amide bonds. The maximum absolute atomic E-state index is 12.6. The molecule has 2 aromatic carbocycles. The molecule has 5 nitrogen and oxygen atoms in total.